The van der Waals surface area contributed by atoms with Crippen LogP contribution in [-0.2, 0) is 13.0 Å². The van der Waals surface area contributed by atoms with Crippen molar-refractivity contribution < 1.29 is 9.90 Å². The van der Waals surface area contributed by atoms with E-state index in [4.69, 9.17) is 5.11 Å². The molecule has 0 unspecified atom stereocenters. The number of carbonyl (C=O) groups is 1. The first-order valence-corrected chi connectivity index (χ1v) is 7.65. The second-order valence-corrected chi connectivity index (χ2v) is 5.92. The third kappa shape index (κ3) is 3.71. The maximum atomic E-state index is 11.0. The fourth-order valence-corrected chi connectivity index (χ4v) is 3.11. The Hall–Kier alpha value is -2.20. The largest absolute Gasteiger partial charge is 0.478 e. The van der Waals surface area contributed by atoms with Crippen LogP contribution in [0.15, 0.2) is 48.7 Å². The van der Waals surface area contributed by atoms with Gasteiger partial charge in [0.15, 0.2) is 0 Å². The molecular weight excluding hydrogens is 276 g/mol. The second kappa shape index (κ2) is 6.71. The summed E-state index contributed by atoms with van der Waals surface area (Å²) in [4.78, 5) is 17.8. The van der Waals surface area contributed by atoms with Gasteiger partial charge in [-0.1, -0.05) is 18.2 Å². The Morgan fingerprint density at radius 3 is 2.95 bits per heavy atom. The molecule has 1 N–H and O–H groups in total. The molecule has 0 spiro atoms. The van der Waals surface area contributed by atoms with E-state index in [-0.39, 0.29) is 0 Å². The highest BCUT2D eigenvalue weighted by molar-refractivity contribution is 5.87. The smallest absolute Gasteiger partial charge is 0.335 e. The van der Waals surface area contributed by atoms with Crippen molar-refractivity contribution in [3.05, 3.63) is 65.5 Å². The standard InChI is InChI=1S/C18H20N2O2/c21-18(22)16-5-3-4-14(11-16)10-15-7-9-20(12-15)13-17-6-1-2-8-19-17/h1-6,8,11,15H,7,9-10,12-13H2,(H,21,22)/t15-/m0/s1. The monoisotopic (exact) mass is 296 g/mol. The average molecular weight is 296 g/mol. The number of carboxylic acid groups (broad SMARTS) is 1. The zero-order valence-electron chi connectivity index (χ0n) is 12.5. The van der Waals surface area contributed by atoms with Crippen LogP contribution < -0.4 is 0 Å². The van der Waals surface area contributed by atoms with Crippen LogP contribution in [0.4, 0.5) is 0 Å². The van der Waals surface area contributed by atoms with Gasteiger partial charge in [0.05, 0.1) is 11.3 Å². The lowest BCUT2D eigenvalue weighted by Gasteiger charge is -2.15. The third-order valence-corrected chi connectivity index (χ3v) is 4.18. The van der Waals surface area contributed by atoms with Gasteiger partial charge in [0.25, 0.3) is 0 Å². The lowest BCUT2D eigenvalue weighted by Crippen LogP contribution is -2.21. The van der Waals surface area contributed by atoms with Crippen LogP contribution in [0, 0.1) is 5.92 Å². The van der Waals surface area contributed by atoms with Crippen LogP contribution in [0.3, 0.4) is 0 Å². The number of aromatic nitrogens is 1. The molecule has 2 aromatic rings. The molecule has 1 aromatic carbocycles. The highest BCUT2D eigenvalue weighted by atomic mass is 16.4. The van der Waals surface area contributed by atoms with E-state index in [9.17, 15) is 4.79 Å². The van der Waals surface area contributed by atoms with Gasteiger partial charge in [-0.3, -0.25) is 9.88 Å². The van der Waals surface area contributed by atoms with Crippen LogP contribution in [0.25, 0.3) is 0 Å². The number of benzene rings is 1. The molecule has 1 fully saturated rings. The minimum Gasteiger partial charge on any atom is -0.478 e. The van der Waals surface area contributed by atoms with Gasteiger partial charge in [0, 0.05) is 19.3 Å². The first-order valence-electron chi connectivity index (χ1n) is 7.65. The summed E-state index contributed by atoms with van der Waals surface area (Å²) in [5, 5.41) is 9.06. The number of nitrogens with zero attached hydrogens (tertiary/aromatic N) is 2. The first-order chi connectivity index (χ1) is 10.7. The lowest BCUT2D eigenvalue weighted by atomic mass is 9.97. The molecule has 0 aliphatic carbocycles. The van der Waals surface area contributed by atoms with E-state index in [0.29, 0.717) is 11.5 Å². The molecular formula is C18H20N2O2. The zero-order chi connectivity index (χ0) is 15.4. The number of pyridine rings is 1. The molecule has 1 aliphatic heterocycles. The number of rotatable bonds is 5. The van der Waals surface area contributed by atoms with Crippen molar-refractivity contribution in [1.29, 1.82) is 0 Å². The fourth-order valence-electron chi connectivity index (χ4n) is 3.11. The van der Waals surface area contributed by atoms with Crippen LogP contribution in [-0.4, -0.2) is 34.0 Å². The predicted molar refractivity (Wildman–Crippen MR) is 84.7 cm³/mol. The zero-order valence-corrected chi connectivity index (χ0v) is 12.5. The Morgan fingerprint density at radius 2 is 2.18 bits per heavy atom. The third-order valence-electron chi connectivity index (χ3n) is 4.18. The van der Waals surface area contributed by atoms with Crippen LogP contribution in [0.5, 0.6) is 0 Å². The quantitative estimate of drug-likeness (QED) is 0.922. The van der Waals surface area contributed by atoms with Crippen LogP contribution >= 0.6 is 0 Å². The summed E-state index contributed by atoms with van der Waals surface area (Å²) in [6.07, 6.45) is 3.93. The molecule has 0 amide bonds. The average Bonchev–Trinajstić information content (AvgIpc) is 2.95. The second-order valence-electron chi connectivity index (χ2n) is 5.92. The molecule has 1 aliphatic rings. The van der Waals surface area contributed by atoms with E-state index in [2.05, 4.69) is 16.0 Å². The van der Waals surface area contributed by atoms with E-state index in [1.807, 2.05) is 30.5 Å². The van der Waals surface area contributed by atoms with Crippen molar-refractivity contribution in [2.24, 2.45) is 5.92 Å². The Morgan fingerprint density at radius 1 is 1.27 bits per heavy atom. The number of likely N-dealkylation sites (tertiary alicyclic amines) is 1. The maximum Gasteiger partial charge on any atom is 0.335 e. The Labute approximate surface area is 130 Å². The van der Waals surface area contributed by atoms with Gasteiger partial charge in [-0.2, -0.15) is 0 Å². The molecule has 0 radical (unpaired) electrons. The Kier molecular flexibility index (Phi) is 4.49. The highest BCUT2D eigenvalue weighted by Crippen LogP contribution is 2.22. The molecule has 114 valence electrons. The van der Waals surface area contributed by atoms with Gasteiger partial charge in [0.2, 0.25) is 0 Å². The van der Waals surface area contributed by atoms with Crippen molar-refractivity contribution in [1.82, 2.24) is 9.88 Å². The highest BCUT2D eigenvalue weighted by Gasteiger charge is 2.23. The molecule has 1 aromatic heterocycles. The normalized spacial score (nSPS) is 18.5. The number of carboxylic acids is 1. The van der Waals surface area contributed by atoms with Crippen molar-refractivity contribution in [2.45, 2.75) is 19.4 Å². The van der Waals surface area contributed by atoms with E-state index in [1.54, 1.807) is 12.1 Å². The summed E-state index contributed by atoms with van der Waals surface area (Å²) in [5.41, 5.74) is 2.60. The van der Waals surface area contributed by atoms with Crippen molar-refractivity contribution >= 4 is 5.97 Å². The molecule has 0 bridgehead atoms. The summed E-state index contributed by atoms with van der Waals surface area (Å²) >= 11 is 0. The Balaban J connectivity index is 1.57. The van der Waals surface area contributed by atoms with Crippen LogP contribution in [0.2, 0.25) is 0 Å². The summed E-state index contributed by atoms with van der Waals surface area (Å²) in [6.45, 7) is 3.03. The Bertz CT molecular complexity index is 643. The SMILES string of the molecule is O=C(O)c1cccc(C[C@@H]2CCN(Cc3ccccn3)C2)c1. The molecule has 1 atom stereocenters. The molecule has 4 heteroatoms. The van der Waals surface area contributed by atoms with Gasteiger partial charge in [-0.05, 0) is 55.1 Å². The topological polar surface area (TPSA) is 53.4 Å². The number of hydrogen-bond acceptors (Lipinski definition) is 3. The van der Waals surface area contributed by atoms with Gasteiger partial charge in [0.1, 0.15) is 0 Å². The molecule has 1 saturated heterocycles. The predicted octanol–water partition coefficient (Wildman–Crippen LogP) is 2.84. The molecule has 22 heavy (non-hydrogen) atoms. The number of hydrogen-bond donors (Lipinski definition) is 1. The number of aromatic carboxylic acids is 1. The summed E-state index contributed by atoms with van der Waals surface area (Å²) in [6, 6.07) is 13.3. The van der Waals surface area contributed by atoms with Gasteiger partial charge in [-0.25, -0.2) is 4.79 Å². The van der Waals surface area contributed by atoms with E-state index in [0.717, 1.165) is 43.7 Å². The summed E-state index contributed by atoms with van der Waals surface area (Å²) in [7, 11) is 0. The fraction of sp³-hybridized carbons (Fsp3) is 0.333. The van der Waals surface area contributed by atoms with Gasteiger partial charge >= 0.3 is 5.97 Å². The minimum absolute atomic E-state index is 0.376. The summed E-state index contributed by atoms with van der Waals surface area (Å²) in [5.74, 6) is -0.266. The van der Waals surface area contributed by atoms with Gasteiger partial charge in [-0.15, -0.1) is 0 Å². The van der Waals surface area contributed by atoms with E-state index in [1.165, 1.54) is 0 Å². The molecule has 0 saturated carbocycles. The molecule has 2 heterocycles. The van der Waals surface area contributed by atoms with E-state index < -0.39 is 5.97 Å². The van der Waals surface area contributed by atoms with Crippen molar-refractivity contribution in [2.75, 3.05) is 13.1 Å². The molecule has 3 rings (SSSR count). The first kappa shape index (κ1) is 14.7. The van der Waals surface area contributed by atoms with E-state index >= 15 is 0 Å². The van der Waals surface area contributed by atoms with Crippen LogP contribution in [0.1, 0.15) is 28.0 Å². The summed E-state index contributed by atoms with van der Waals surface area (Å²) < 4.78 is 0. The lowest BCUT2D eigenvalue weighted by molar-refractivity contribution is 0.0696. The van der Waals surface area contributed by atoms with Gasteiger partial charge < -0.3 is 5.11 Å². The minimum atomic E-state index is -0.856. The van der Waals surface area contributed by atoms with Crippen molar-refractivity contribution in [3.8, 4) is 0 Å². The molecule has 4 nitrogen and oxygen atoms in total. The van der Waals surface area contributed by atoms with Crippen molar-refractivity contribution in [3.63, 3.8) is 0 Å². The maximum absolute atomic E-state index is 11.0.